The van der Waals surface area contributed by atoms with Crippen LogP contribution in [0.25, 0.3) is 32.9 Å². The van der Waals surface area contributed by atoms with Gasteiger partial charge < -0.3 is 39.6 Å². The van der Waals surface area contributed by atoms with Crippen LogP contribution >= 0.6 is 0 Å². The molecule has 302 valence electrons. The van der Waals surface area contributed by atoms with Crippen molar-refractivity contribution in [3.63, 3.8) is 0 Å². The van der Waals surface area contributed by atoms with Gasteiger partial charge in [0.05, 0.1) is 49.2 Å². The van der Waals surface area contributed by atoms with E-state index >= 15 is 0 Å². The topological polar surface area (TPSA) is 180 Å². The fourth-order valence-electron chi connectivity index (χ4n) is 8.30. The summed E-state index contributed by atoms with van der Waals surface area (Å²) in [4.78, 5) is 68.4. The third kappa shape index (κ3) is 8.17. The number of methoxy groups -OCH3 is 3. The molecule has 0 aliphatic carbocycles. The molecule has 4 N–H and O–H groups in total. The summed E-state index contributed by atoms with van der Waals surface area (Å²) in [6.45, 7) is 7.33. The molecule has 3 aliphatic heterocycles. The van der Waals surface area contributed by atoms with Gasteiger partial charge in [0.15, 0.2) is 0 Å². The molecule has 15 nitrogen and oxygen atoms in total. The van der Waals surface area contributed by atoms with Crippen molar-refractivity contribution in [2.24, 2.45) is 10.9 Å². The van der Waals surface area contributed by atoms with Gasteiger partial charge in [-0.2, -0.15) is 0 Å². The monoisotopic (exact) mass is 780 g/mol. The molecule has 1 unspecified atom stereocenters. The van der Waals surface area contributed by atoms with Crippen molar-refractivity contribution >= 4 is 51.5 Å². The molecule has 1 aromatic heterocycles. The van der Waals surface area contributed by atoms with E-state index in [4.69, 9.17) is 24.2 Å². The maximum Gasteiger partial charge on any atom is 0.407 e. The average Bonchev–Trinajstić information content (AvgIpc) is 4.06. The number of fused-ring (bicyclic) bond motifs is 2. The van der Waals surface area contributed by atoms with E-state index in [9.17, 15) is 19.2 Å². The van der Waals surface area contributed by atoms with Crippen molar-refractivity contribution in [1.82, 2.24) is 35.7 Å². The number of aromatic amines is 1. The van der Waals surface area contributed by atoms with Crippen LogP contribution in [0.1, 0.15) is 63.9 Å². The van der Waals surface area contributed by atoms with Crippen molar-refractivity contribution in [2.45, 2.75) is 82.9 Å². The van der Waals surface area contributed by atoms with Crippen molar-refractivity contribution < 1.29 is 33.4 Å². The predicted molar refractivity (Wildman–Crippen MR) is 216 cm³/mol. The lowest BCUT2D eigenvalue weighted by Gasteiger charge is -2.32. The Labute approximate surface area is 331 Å². The number of nitrogens with zero attached hydrogens (tertiary/aromatic N) is 4. The SMILES string of the molecule is COC(=O)N[C@H](C(=O)N1CCC[C@H]1C1N=C(c2ccc3cc(-c4ccc5nc([C@@H]6CCCN6C(=O)[C@@H](NC(=O)OC)[C@@H](C)OC)[nH]c5c4)ccc3c2)CN1)C(C)C. The number of H-pyrrole nitrogens is 1. The van der Waals surface area contributed by atoms with Gasteiger partial charge in [-0.05, 0) is 90.3 Å². The van der Waals surface area contributed by atoms with E-state index in [1.54, 1.807) is 11.8 Å². The van der Waals surface area contributed by atoms with E-state index in [-0.39, 0.29) is 36.0 Å². The molecule has 0 bridgehead atoms. The maximum atomic E-state index is 13.7. The van der Waals surface area contributed by atoms with E-state index in [2.05, 4.69) is 69.5 Å². The number of aromatic nitrogens is 2. The van der Waals surface area contributed by atoms with Gasteiger partial charge in [-0.1, -0.05) is 44.2 Å². The summed E-state index contributed by atoms with van der Waals surface area (Å²) in [7, 11) is 4.06. The molecular weight excluding hydrogens is 729 g/mol. The van der Waals surface area contributed by atoms with Crippen molar-refractivity contribution in [2.75, 3.05) is 41.0 Å². The molecule has 7 rings (SSSR count). The molecule has 6 atom stereocenters. The Morgan fingerprint density at radius 2 is 1.39 bits per heavy atom. The van der Waals surface area contributed by atoms with Crippen LogP contribution < -0.4 is 16.0 Å². The Morgan fingerprint density at radius 3 is 2.09 bits per heavy atom. The average molecular weight is 781 g/mol. The van der Waals surface area contributed by atoms with Gasteiger partial charge in [0.25, 0.3) is 0 Å². The van der Waals surface area contributed by atoms with E-state index in [1.165, 1.54) is 21.3 Å². The third-order valence-electron chi connectivity index (χ3n) is 11.5. The first kappa shape index (κ1) is 39.7. The minimum atomic E-state index is -0.898. The molecule has 3 aliphatic rings. The quantitative estimate of drug-likeness (QED) is 0.165. The summed E-state index contributed by atoms with van der Waals surface area (Å²) in [5.41, 5.74) is 5.75. The molecule has 15 heteroatoms. The fourth-order valence-corrected chi connectivity index (χ4v) is 8.30. The Hall–Kier alpha value is -5.54. The van der Waals surface area contributed by atoms with Gasteiger partial charge in [0, 0.05) is 26.7 Å². The maximum absolute atomic E-state index is 13.7. The summed E-state index contributed by atoms with van der Waals surface area (Å²) in [6, 6.07) is 17.0. The highest BCUT2D eigenvalue weighted by atomic mass is 16.5. The highest BCUT2D eigenvalue weighted by Crippen LogP contribution is 2.34. The summed E-state index contributed by atoms with van der Waals surface area (Å²) in [5.74, 6) is 0.257. The van der Waals surface area contributed by atoms with Crippen LogP contribution in [0, 0.1) is 5.92 Å². The number of likely N-dealkylation sites (tertiary alicyclic amines) is 2. The minimum absolute atomic E-state index is 0.0939. The molecule has 2 fully saturated rings. The molecule has 57 heavy (non-hydrogen) atoms. The van der Waals surface area contributed by atoms with Gasteiger partial charge in [0.1, 0.15) is 24.1 Å². The first-order valence-electron chi connectivity index (χ1n) is 19.7. The molecule has 0 saturated carbocycles. The van der Waals surface area contributed by atoms with Gasteiger partial charge in [0.2, 0.25) is 11.8 Å². The largest absolute Gasteiger partial charge is 0.453 e. The molecule has 4 heterocycles. The van der Waals surface area contributed by atoms with E-state index in [0.29, 0.717) is 25.5 Å². The van der Waals surface area contributed by atoms with E-state index in [1.807, 2.05) is 24.8 Å². The van der Waals surface area contributed by atoms with Gasteiger partial charge in [-0.15, -0.1) is 0 Å². The standard InChI is InChI=1S/C42H52N8O7/c1-23(2)35(47-41(53)56-5)39(51)49-17-7-9-33(49)37-43-22-32(46-37)29-14-13-25-19-26(11-12-27(25)20-29)28-15-16-30-31(21-28)45-38(44-30)34-10-8-18-50(34)40(52)36(24(3)55-4)48-42(54)57-6/h11-16,19-21,23-24,33-37,43H,7-10,17-18,22H2,1-6H3,(H,44,45)(H,47,53)(H,48,54)/t24-,33+,34+,35+,36+,37?/m1/s1. The first-order chi connectivity index (χ1) is 27.5. The van der Waals surface area contributed by atoms with Gasteiger partial charge in [-0.25, -0.2) is 14.6 Å². The number of benzene rings is 3. The number of alkyl carbamates (subject to hydrolysis) is 2. The number of amides is 4. The third-order valence-corrected chi connectivity index (χ3v) is 11.5. The molecule has 4 amide bonds. The Kier molecular flexibility index (Phi) is 11.8. The van der Waals surface area contributed by atoms with Crippen molar-refractivity contribution in [1.29, 1.82) is 0 Å². The Bertz CT molecular complexity index is 2190. The highest BCUT2D eigenvalue weighted by Gasteiger charge is 2.41. The summed E-state index contributed by atoms with van der Waals surface area (Å²) < 4.78 is 15.0. The Morgan fingerprint density at radius 1 is 0.772 bits per heavy atom. The lowest BCUT2D eigenvalue weighted by Crippen LogP contribution is -2.55. The van der Waals surface area contributed by atoms with Crippen LogP contribution in [0.4, 0.5) is 9.59 Å². The zero-order valence-electron chi connectivity index (χ0n) is 33.3. The fraction of sp³-hybridized carbons (Fsp3) is 0.476. The van der Waals surface area contributed by atoms with Gasteiger partial charge >= 0.3 is 12.2 Å². The second kappa shape index (κ2) is 16.9. The number of hydrogen-bond acceptors (Lipinski definition) is 10. The number of carbonyl (C=O) groups is 4. The highest BCUT2D eigenvalue weighted by molar-refractivity contribution is 6.06. The number of hydrogen-bond donors (Lipinski definition) is 4. The molecule has 4 aromatic rings. The number of aliphatic imine (C=N–C) groups is 1. The second-order valence-corrected chi connectivity index (χ2v) is 15.4. The smallest absolute Gasteiger partial charge is 0.407 e. The molecule has 2 saturated heterocycles. The lowest BCUT2D eigenvalue weighted by molar-refractivity contribution is -0.137. The van der Waals surface area contributed by atoms with Crippen LogP contribution in [0.15, 0.2) is 59.6 Å². The van der Waals surface area contributed by atoms with Crippen LogP contribution in [-0.4, -0.2) is 121 Å². The predicted octanol–water partition coefficient (Wildman–Crippen LogP) is 4.90. The number of imidazole rings is 1. The molecular formula is C42H52N8O7. The summed E-state index contributed by atoms with van der Waals surface area (Å²) in [6.07, 6.45) is 1.17. The second-order valence-electron chi connectivity index (χ2n) is 15.4. The summed E-state index contributed by atoms with van der Waals surface area (Å²) >= 11 is 0. The molecule has 3 aromatic carbocycles. The zero-order chi connectivity index (χ0) is 40.4. The first-order valence-corrected chi connectivity index (χ1v) is 19.7. The molecule has 0 radical (unpaired) electrons. The molecule has 0 spiro atoms. The van der Waals surface area contributed by atoms with Gasteiger partial charge in [-0.3, -0.25) is 19.9 Å². The normalized spacial score (nSPS) is 21.1. The zero-order valence-corrected chi connectivity index (χ0v) is 33.3. The van der Waals surface area contributed by atoms with Crippen LogP contribution in [-0.2, 0) is 23.8 Å². The minimum Gasteiger partial charge on any atom is -0.453 e. The number of carbonyl (C=O) groups excluding carboxylic acids is 4. The number of ether oxygens (including phenoxy) is 3. The number of rotatable bonds is 11. The van der Waals surface area contributed by atoms with Crippen LogP contribution in [0.5, 0.6) is 0 Å². The van der Waals surface area contributed by atoms with Crippen molar-refractivity contribution in [3.8, 4) is 11.1 Å². The van der Waals surface area contributed by atoms with Crippen LogP contribution in [0.2, 0.25) is 0 Å². The van der Waals surface area contributed by atoms with E-state index < -0.39 is 30.4 Å². The summed E-state index contributed by atoms with van der Waals surface area (Å²) in [5, 5.41) is 11.1. The van der Waals surface area contributed by atoms with E-state index in [0.717, 1.165) is 69.9 Å². The lowest BCUT2D eigenvalue weighted by atomic mass is 9.98. The Balaban J connectivity index is 1.06. The number of nitrogens with one attached hydrogen (secondary N) is 4. The van der Waals surface area contributed by atoms with Crippen molar-refractivity contribution in [3.05, 3.63) is 66.0 Å². The van der Waals surface area contributed by atoms with Crippen LogP contribution in [0.3, 0.4) is 0 Å².